The van der Waals surface area contributed by atoms with Crippen LogP contribution in [0.3, 0.4) is 0 Å². The lowest BCUT2D eigenvalue weighted by molar-refractivity contribution is 0.102. The van der Waals surface area contributed by atoms with Crippen molar-refractivity contribution in [2.75, 3.05) is 34.9 Å². The molecule has 4 nitrogen and oxygen atoms in total. The van der Waals surface area contributed by atoms with Crippen molar-refractivity contribution in [3.63, 3.8) is 0 Å². The number of fused-ring (bicyclic) bond motifs is 2. The Morgan fingerprint density at radius 2 is 1.79 bits per heavy atom. The Morgan fingerprint density at radius 3 is 2.48 bits per heavy atom. The first-order valence-electron chi connectivity index (χ1n) is 10.3. The molecule has 1 aliphatic carbocycles. The van der Waals surface area contributed by atoms with Gasteiger partial charge in [-0.2, -0.15) is 0 Å². The van der Waals surface area contributed by atoms with Crippen molar-refractivity contribution < 1.29 is 14.2 Å². The Labute approximate surface area is 174 Å². The van der Waals surface area contributed by atoms with Gasteiger partial charge in [-0.15, -0.1) is 0 Å². The second-order valence-corrected chi connectivity index (χ2v) is 8.07. The zero-order valence-electron chi connectivity index (χ0n) is 18.3. The number of ether oxygens (including phenoxy) is 3. The third-order valence-electron chi connectivity index (χ3n) is 6.63. The van der Waals surface area contributed by atoms with Gasteiger partial charge in [-0.05, 0) is 73.7 Å². The maximum Gasteiger partial charge on any atom is 0.125 e. The van der Waals surface area contributed by atoms with E-state index >= 15 is 0 Å². The molecule has 0 saturated heterocycles. The minimum atomic E-state index is 0.0171. The van der Waals surface area contributed by atoms with Crippen LogP contribution >= 0.6 is 0 Å². The first-order chi connectivity index (χ1) is 14.0. The zero-order valence-corrected chi connectivity index (χ0v) is 18.3. The minimum Gasteiger partial charge on any atom is -0.496 e. The minimum absolute atomic E-state index is 0.0171. The molecule has 2 unspecified atom stereocenters. The van der Waals surface area contributed by atoms with E-state index in [1.54, 1.807) is 21.3 Å². The molecule has 2 aromatic carbocycles. The lowest BCUT2D eigenvalue weighted by Crippen LogP contribution is -2.31. The summed E-state index contributed by atoms with van der Waals surface area (Å²) in [5.74, 6) is 1.89. The highest BCUT2D eigenvalue weighted by Crippen LogP contribution is 2.47. The fourth-order valence-electron chi connectivity index (χ4n) is 4.98. The van der Waals surface area contributed by atoms with E-state index in [0.717, 1.165) is 36.4 Å². The summed E-state index contributed by atoms with van der Waals surface area (Å²) in [4.78, 5) is 2.39. The highest BCUT2D eigenvalue weighted by Gasteiger charge is 2.30. The van der Waals surface area contributed by atoms with Gasteiger partial charge >= 0.3 is 0 Å². The zero-order chi connectivity index (χ0) is 20.7. The van der Waals surface area contributed by atoms with Gasteiger partial charge in [0.05, 0.1) is 20.3 Å². The second-order valence-electron chi connectivity index (χ2n) is 8.07. The molecule has 1 aliphatic heterocycles. The highest BCUT2D eigenvalue weighted by atomic mass is 16.5. The van der Waals surface area contributed by atoms with Crippen molar-refractivity contribution in [2.45, 2.75) is 38.8 Å². The van der Waals surface area contributed by atoms with E-state index in [9.17, 15) is 0 Å². The number of rotatable bonds is 4. The predicted octanol–water partition coefficient (Wildman–Crippen LogP) is 5.33. The van der Waals surface area contributed by atoms with Gasteiger partial charge in [0.2, 0.25) is 0 Å². The standard InChI is InChI=1S/C25H31NO3/c1-15-14-22(29-6)25-19(8-7-9-20(25)27-4)23(15)17-10-11-21(28-5)24-16(2)26(3)13-12-18(17)24/h7-8,10-11,14,16,20H,9,12-13H2,1-6H3. The number of aryl methyl sites for hydroxylation is 1. The number of methoxy groups -OCH3 is 3. The van der Waals surface area contributed by atoms with Crippen LogP contribution in [-0.4, -0.2) is 39.8 Å². The molecule has 0 amide bonds. The van der Waals surface area contributed by atoms with Gasteiger partial charge in [-0.25, -0.2) is 0 Å². The molecule has 0 fully saturated rings. The molecule has 4 rings (SSSR count). The van der Waals surface area contributed by atoms with Gasteiger partial charge in [-0.1, -0.05) is 18.2 Å². The average Bonchev–Trinajstić information content (AvgIpc) is 2.74. The fraction of sp³-hybridized carbons (Fsp3) is 0.440. The van der Waals surface area contributed by atoms with Crippen molar-refractivity contribution in [2.24, 2.45) is 0 Å². The van der Waals surface area contributed by atoms with Crippen LogP contribution in [0, 0.1) is 6.92 Å². The van der Waals surface area contributed by atoms with Crippen molar-refractivity contribution in [1.29, 1.82) is 0 Å². The van der Waals surface area contributed by atoms with Crippen LogP contribution in [0.5, 0.6) is 11.5 Å². The van der Waals surface area contributed by atoms with Gasteiger partial charge in [0.25, 0.3) is 0 Å². The topological polar surface area (TPSA) is 30.9 Å². The first-order valence-corrected chi connectivity index (χ1v) is 10.3. The summed E-state index contributed by atoms with van der Waals surface area (Å²) >= 11 is 0. The van der Waals surface area contributed by atoms with Gasteiger partial charge in [0.15, 0.2) is 0 Å². The molecule has 2 aliphatic rings. The van der Waals surface area contributed by atoms with Gasteiger partial charge in [-0.3, -0.25) is 4.90 Å². The van der Waals surface area contributed by atoms with E-state index < -0.39 is 0 Å². The second kappa shape index (κ2) is 7.85. The van der Waals surface area contributed by atoms with Gasteiger partial charge < -0.3 is 14.2 Å². The molecule has 2 aromatic rings. The van der Waals surface area contributed by atoms with E-state index in [1.165, 1.54) is 33.4 Å². The van der Waals surface area contributed by atoms with Crippen molar-refractivity contribution in [3.8, 4) is 22.6 Å². The van der Waals surface area contributed by atoms with Crippen molar-refractivity contribution in [1.82, 2.24) is 4.90 Å². The highest BCUT2D eigenvalue weighted by molar-refractivity contribution is 5.85. The van der Waals surface area contributed by atoms with E-state index in [4.69, 9.17) is 14.2 Å². The quantitative estimate of drug-likeness (QED) is 0.702. The molecule has 154 valence electrons. The van der Waals surface area contributed by atoms with E-state index in [2.05, 4.69) is 56.1 Å². The Bertz CT molecular complexity index is 963. The molecule has 29 heavy (non-hydrogen) atoms. The Morgan fingerprint density at radius 1 is 1.03 bits per heavy atom. The SMILES string of the molecule is COc1cc(C)c(-c2ccc(OC)c3c2CCN(C)C3C)c2c1C(OC)CC=C2. The summed E-state index contributed by atoms with van der Waals surface area (Å²) in [6.07, 6.45) is 6.35. The van der Waals surface area contributed by atoms with Crippen LogP contribution in [-0.2, 0) is 11.2 Å². The molecule has 1 heterocycles. The molecule has 4 heteroatoms. The maximum atomic E-state index is 5.81. The monoisotopic (exact) mass is 393 g/mol. The van der Waals surface area contributed by atoms with Crippen LogP contribution in [0.4, 0.5) is 0 Å². The normalized spacial score (nSPS) is 20.9. The van der Waals surface area contributed by atoms with E-state index in [1.807, 2.05) is 0 Å². The lowest BCUT2D eigenvalue weighted by Gasteiger charge is -2.35. The molecule has 2 atom stereocenters. The van der Waals surface area contributed by atoms with Gasteiger partial charge in [0, 0.05) is 30.8 Å². The Balaban J connectivity index is 2.02. The summed E-state index contributed by atoms with van der Waals surface area (Å²) in [6.45, 7) is 5.49. The molecule has 0 aromatic heterocycles. The van der Waals surface area contributed by atoms with Gasteiger partial charge in [0.1, 0.15) is 11.5 Å². The Kier molecular flexibility index (Phi) is 5.41. The number of hydrogen-bond acceptors (Lipinski definition) is 4. The number of benzene rings is 2. The van der Waals surface area contributed by atoms with Crippen molar-refractivity contribution in [3.05, 3.63) is 52.1 Å². The number of likely N-dealkylation sites (N-methyl/N-ethyl adjacent to an activating group) is 1. The predicted molar refractivity (Wildman–Crippen MR) is 118 cm³/mol. The van der Waals surface area contributed by atoms with Crippen LogP contribution in [0.1, 0.15) is 53.3 Å². The first kappa shape index (κ1) is 20.0. The average molecular weight is 394 g/mol. The molecular formula is C25H31NO3. The summed E-state index contributed by atoms with van der Waals surface area (Å²) in [6, 6.07) is 6.84. The fourth-order valence-corrected chi connectivity index (χ4v) is 4.98. The number of nitrogens with zero attached hydrogens (tertiary/aromatic N) is 1. The summed E-state index contributed by atoms with van der Waals surface area (Å²) < 4.78 is 17.3. The Hall–Kier alpha value is -2.30. The molecular weight excluding hydrogens is 362 g/mol. The van der Waals surface area contributed by atoms with E-state index in [0.29, 0.717) is 6.04 Å². The third kappa shape index (κ3) is 3.15. The van der Waals surface area contributed by atoms with Crippen LogP contribution < -0.4 is 9.47 Å². The largest absolute Gasteiger partial charge is 0.496 e. The molecule has 0 radical (unpaired) electrons. The maximum absolute atomic E-state index is 5.81. The summed E-state index contributed by atoms with van der Waals surface area (Å²) in [5.41, 5.74) is 8.90. The van der Waals surface area contributed by atoms with Crippen LogP contribution in [0.2, 0.25) is 0 Å². The summed E-state index contributed by atoms with van der Waals surface area (Å²) in [5, 5.41) is 0. The molecule has 0 spiro atoms. The summed E-state index contributed by atoms with van der Waals surface area (Å²) in [7, 11) is 7.47. The van der Waals surface area contributed by atoms with Crippen LogP contribution in [0.15, 0.2) is 24.3 Å². The van der Waals surface area contributed by atoms with Crippen LogP contribution in [0.25, 0.3) is 17.2 Å². The van der Waals surface area contributed by atoms with Crippen molar-refractivity contribution >= 4 is 6.08 Å². The molecule has 0 N–H and O–H groups in total. The lowest BCUT2D eigenvalue weighted by atomic mass is 9.80. The third-order valence-corrected chi connectivity index (χ3v) is 6.63. The smallest absolute Gasteiger partial charge is 0.125 e. The molecule has 0 bridgehead atoms. The molecule has 0 saturated carbocycles. The van der Waals surface area contributed by atoms with E-state index in [-0.39, 0.29) is 6.10 Å². The number of hydrogen-bond donors (Lipinski definition) is 0.